The molecule has 0 heterocycles. The monoisotopic (exact) mass is 240 g/mol. The Morgan fingerprint density at radius 3 is 2.65 bits per heavy atom. The van der Waals surface area contributed by atoms with Crippen molar-refractivity contribution < 1.29 is 9.13 Å². The Hall–Kier alpha value is -1.13. The van der Waals surface area contributed by atoms with Crippen LogP contribution in [-0.4, -0.2) is 31.1 Å². The molecule has 1 aromatic carbocycles. The smallest absolute Gasteiger partial charge is 0.169 e. The van der Waals surface area contributed by atoms with E-state index in [4.69, 9.17) is 10.5 Å². The van der Waals surface area contributed by atoms with Gasteiger partial charge in [0.1, 0.15) is 0 Å². The minimum absolute atomic E-state index is 0.280. The van der Waals surface area contributed by atoms with Crippen molar-refractivity contribution in [3.63, 3.8) is 0 Å². The third kappa shape index (κ3) is 3.68. The Labute approximate surface area is 102 Å². The molecule has 0 aromatic heterocycles. The van der Waals surface area contributed by atoms with Crippen molar-refractivity contribution in [3.05, 3.63) is 29.6 Å². The van der Waals surface area contributed by atoms with Crippen molar-refractivity contribution in [2.24, 2.45) is 5.73 Å². The molecule has 0 aliphatic heterocycles. The van der Waals surface area contributed by atoms with Crippen LogP contribution in [-0.2, 0) is 6.54 Å². The maximum absolute atomic E-state index is 14.0. The molecular weight excluding hydrogens is 219 g/mol. The summed E-state index contributed by atoms with van der Waals surface area (Å²) < 4.78 is 18.9. The van der Waals surface area contributed by atoms with Crippen LogP contribution in [0.25, 0.3) is 0 Å². The molecule has 0 saturated heterocycles. The highest BCUT2D eigenvalue weighted by Crippen LogP contribution is 2.21. The maximum Gasteiger partial charge on any atom is 0.169 e. The second-order valence-corrected chi connectivity index (χ2v) is 4.29. The molecule has 1 aromatic rings. The van der Waals surface area contributed by atoms with Gasteiger partial charge in [-0.3, -0.25) is 4.90 Å². The van der Waals surface area contributed by atoms with Crippen molar-refractivity contribution in [1.29, 1.82) is 0 Å². The predicted octanol–water partition coefficient (Wildman–Crippen LogP) is 2.00. The van der Waals surface area contributed by atoms with E-state index in [-0.39, 0.29) is 5.82 Å². The molecule has 96 valence electrons. The van der Waals surface area contributed by atoms with E-state index in [1.807, 2.05) is 0 Å². The maximum atomic E-state index is 14.0. The number of hydrogen-bond donors (Lipinski definition) is 1. The van der Waals surface area contributed by atoms with E-state index < -0.39 is 0 Å². The summed E-state index contributed by atoms with van der Waals surface area (Å²) in [6.45, 7) is 6.04. The Kier molecular flexibility index (Phi) is 5.38. The van der Waals surface area contributed by atoms with Gasteiger partial charge >= 0.3 is 0 Å². The van der Waals surface area contributed by atoms with Crippen LogP contribution in [0.4, 0.5) is 4.39 Å². The molecule has 0 radical (unpaired) electrons. The molecule has 0 bridgehead atoms. The highest BCUT2D eigenvalue weighted by molar-refractivity contribution is 5.31. The number of nitrogens with zero attached hydrogens (tertiary/aromatic N) is 1. The fourth-order valence-corrected chi connectivity index (χ4v) is 1.74. The van der Waals surface area contributed by atoms with E-state index in [2.05, 4.69) is 18.7 Å². The molecule has 17 heavy (non-hydrogen) atoms. The molecule has 0 aliphatic rings. The van der Waals surface area contributed by atoms with Crippen LogP contribution in [0.15, 0.2) is 18.2 Å². The lowest BCUT2D eigenvalue weighted by Crippen LogP contribution is -2.35. The Balaban J connectivity index is 2.85. The topological polar surface area (TPSA) is 38.5 Å². The van der Waals surface area contributed by atoms with Gasteiger partial charge in [-0.25, -0.2) is 4.39 Å². The summed E-state index contributed by atoms with van der Waals surface area (Å²) in [5.41, 5.74) is 6.20. The number of rotatable bonds is 6. The first-order valence-corrected chi connectivity index (χ1v) is 5.85. The van der Waals surface area contributed by atoms with Crippen LogP contribution < -0.4 is 10.5 Å². The molecule has 2 N–H and O–H groups in total. The average Bonchev–Trinajstić information content (AvgIpc) is 2.30. The number of hydrogen-bond acceptors (Lipinski definition) is 3. The van der Waals surface area contributed by atoms with Gasteiger partial charge in [-0.2, -0.15) is 0 Å². The third-order valence-corrected chi connectivity index (χ3v) is 2.78. The zero-order valence-corrected chi connectivity index (χ0v) is 10.7. The molecule has 0 aliphatic carbocycles. The number of ether oxygens (including phenoxy) is 1. The second kappa shape index (κ2) is 6.57. The highest BCUT2D eigenvalue weighted by atomic mass is 19.1. The standard InChI is InChI=1S/C13H21FN2O/c1-10(2)16(8-7-15)9-11-5-4-6-12(17-3)13(11)14/h4-6,10H,7-9,15H2,1-3H3. The largest absolute Gasteiger partial charge is 0.494 e. The number of halogens is 1. The summed E-state index contributed by atoms with van der Waals surface area (Å²) in [6, 6.07) is 5.55. The van der Waals surface area contributed by atoms with Crippen LogP contribution in [0.2, 0.25) is 0 Å². The van der Waals surface area contributed by atoms with Crippen molar-refractivity contribution in [3.8, 4) is 5.75 Å². The zero-order chi connectivity index (χ0) is 12.8. The van der Waals surface area contributed by atoms with E-state index in [1.165, 1.54) is 7.11 Å². The fraction of sp³-hybridized carbons (Fsp3) is 0.538. The van der Waals surface area contributed by atoms with Gasteiger partial charge in [0.25, 0.3) is 0 Å². The van der Waals surface area contributed by atoms with Gasteiger partial charge in [-0.1, -0.05) is 12.1 Å². The van der Waals surface area contributed by atoms with Crippen LogP contribution >= 0.6 is 0 Å². The number of methoxy groups -OCH3 is 1. The minimum atomic E-state index is -0.280. The van der Waals surface area contributed by atoms with Gasteiger partial charge < -0.3 is 10.5 Å². The lowest BCUT2D eigenvalue weighted by atomic mass is 10.1. The van der Waals surface area contributed by atoms with Crippen molar-refractivity contribution in [2.75, 3.05) is 20.2 Å². The van der Waals surface area contributed by atoms with Crippen molar-refractivity contribution >= 4 is 0 Å². The first-order valence-electron chi connectivity index (χ1n) is 5.85. The molecule has 4 heteroatoms. The molecule has 1 rings (SSSR count). The molecule has 0 amide bonds. The van der Waals surface area contributed by atoms with Crippen LogP contribution in [0.1, 0.15) is 19.4 Å². The Morgan fingerprint density at radius 2 is 2.12 bits per heavy atom. The molecule has 3 nitrogen and oxygen atoms in total. The number of nitrogens with two attached hydrogens (primary N) is 1. The summed E-state index contributed by atoms with van der Waals surface area (Å²) in [7, 11) is 1.47. The Morgan fingerprint density at radius 1 is 1.41 bits per heavy atom. The van der Waals surface area contributed by atoms with Gasteiger partial charge in [-0.05, 0) is 19.9 Å². The van der Waals surface area contributed by atoms with E-state index in [9.17, 15) is 4.39 Å². The fourth-order valence-electron chi connectivity index (χ4n) is 1.74. The quantitative estimate of drug-likeness (QED) is 0.826. The van der Waals surface area contributed by atoms with E-state index in [1.54, 1.807) is 18.2 Å². The first kappa shape index (κ1) is 13.9. The molecule has 0 unspecified atom stereocenters. The zero-order valence-electron chi connectivity index (χ0n) is 10.7. The van der Waals surface area contributed by atoms with E-state index >= 15 is 0 Å². The molecule has 0 atom stereocenters. The SMILES string of the molecule is COc1cccc(CN(CCN)C(C)C)c1F. The van der Waals surface area contributed by atoms with Gasteiger partial charge in [0, 0.05) is 31.2 Å². The number of benzene rings is 1. The van der Waals surface area contributed by atoms with Gasteiger partial charge in [0.2, 0.25) is 0 Å². The Bertz CT molecular complexity index is 355. The van der Waals surface area contributed by atoms with E-state index in [0.717, 1.165) is 6.54 Å². The first-order chi connectivity index (χ1) is 8.10. The predicted molar refractivity (Wildman–Crippen MR) is 67.6 cm³/mol. The van der Waals surface area contributed by atoms with Crippen molar-refractivity contribution in [1.82, 2.24) is 4.90 Å². The third-order valence-electron chi connectivity index (χ3n) is 2.78. The summed E-state index contributed by atoms with van der Waals surface area (Å²) in [6.07, 6.45) is 0. The van der Waals surface area contributed by atoms with Crippen LogP contribution in [0, 0.1) is 5.82 Å². The average molecular weight is 240 g/mol. The lowest BCUT2D eigenvalue weighted by Gasteiger charge is -2.26. The lowest BCUT2D eigenvalue weighted by molar-refractivity contribution is 0.215. The minimum Gasteiger partial charge on any atom is -0.494 e. The van der Waals surface area contributed by atoms with Gasteiger partial charge in [-0.15, -0.1) is 0 Å². The summed E-state index contributed by atoms with van der Waals surface area (Å²) in [5.74, 6) is 0.0108. The molecule has 0 spiro atoms. The van der Waals surface area contributed by atoms with E-state index in [0.29, 0.717) is 30.4 Å². The highest BCUT2D eigenvalue weighted by Gasteiger charge is 2.14. The molecular formula is C13H21FN2O. The normalized spacial score (nSPS) is 11.2. The van der Waals surface area contributed by atoms with Crippen LogP contribution in [0.3, 0.4) is 0 Å². The van der Waals surface area contributed by atoms with Crippen LogP contribution in [0.5, 0.6) is 5.75 Å². The summed E-state index contributed by atoms with van der Waals surface area (Å²) >= 11 is 0. The summed E-state index contributed by atoms with van der Waals surface area (Å²) in [4.78, 5) is 2.14. The van der Waals surface area contributed by atoms with Gasteiger partial charge in [0.05, 0.1) is 7.11 Å². The summed E-state index contributed by atoms with van der Waals surface area (Å²) in [5, 5.41) is 0. The van der Waals surface area contributed by atoms with Crippen molar-refractivity contribution in [2.45, 2.75) is 26.4 Å². The second-order valence-electron chi connectivity index (χ2n) is 4.29. The molecule has 0 saturated carbocycles. The van der Waals surface area contributed by atoms with Gasteiger partial charge in [0.15, 0.2) is 11.6 Å². The molecule has 0 fully saturated rings.